The Labute approximate surface area is 137 Å². The predicted octanol–water partition coefficient (Wildman–Crippen LogP) is -0.938. The van der Waals surface area contributed by atoms with Crippen molar-refractivity contribution in [1.82, 2.24) is 0 Å². The van der Waals surface area contributed by atoms with Crippen LogP contribution < -0.4 is 0 Å². The van der Waals surface area contributed by atoms with Crippen LogP contribution in [0.2, 0.25) is 0 Å². The van der Waals surface area contributed by atoms with Gasteiger partial charge in [-0.05, 0) is 0 Å². The average molecular weight is 348 g/mol. The molecule has 0 aromatic carbocycles. The number of carbonyl (C=O) groups is 4. The first-order valence-corrected chi connectivity index (χ1v) is 7.10. The Hall–Kier alpha value is -2.20. The second-order valence-electron chi connectivity index (χ2n) is 5.09. The van der Waals surface area contributed by atoms with Gasteiger partial charge in [0.1, 0.15) is 18.8 Å². The van der Waals surface area contributed by atoms with Gasteiger partial charge in [-0.15, -0.1) is 0 Å². The van der Waals surface area contributed by atoms with E-state index < -0.39 is 54.6 Å². The largest absolute Gasteiger partial charge is 0.463 e. The van der Waals surface area contributed by atoms with E-state index in [4.69, 9.17) is 23.7 Å². The van der Waals surface area contributed by atoms with Crippen LogP contribution in [0.1, 0.15) is 27.7 Å². The first kappa shape index (κ1) is 19.8. The SMILES string of the molecule is CC(=O)OCC1O[C@@H](OC(C)=O)[C@H](OC(C)=O)C(OC(C)=O)[C@@H]1O. The number of rotatable bonds is 5. The summed E-state index contributed by atoms with van der Waals surface area (Å²) in [6.45, 7) is 4.06. The number of aliphatic hydroxyl groups is 1. The first-order valence-electron chi connectivity index (χ1n) is 7.10. The Morgan fingerprint density at radius 2 is 1.33 bits per heavy atom. The van der Waals surface area contributed by atoms with Crippen LogP contribution in [0.3, 0.4) is 0 Å². The molecule has 1 saturated heterocycles. The second kappa shape index (κ2) is 8.60. The van der Waals surface area contributed by atoms with Crippen molar-refractivity contribution in [3.63, 3.8) is 0 Å². The molecule has 1 rings (SSSR count). The maximum atomic E-state index is 11.3. The zero-order valence-electron chi connectivity index (χ0n) is 13.7. The summed E-state index contributed by atoms with van der Waals surface area (Å²) in [6.07, 6.45) is -6.83. The molecule has 0 bridgehead atoms. The maximum absolute atomic E-state index is 11.3. The van der Waals surface area contributed by atoms with Crippen molar-refractivity contribution in [3.8, 4) is 0 Å². The van der Waals surface area contributed by atoms with E-state index in [0.29, 0.717) is 0 Å². The van der Waals surface area contributed by atoms with Gasteiger partial charge in [-0.1, -0.05) is 0 Å². The Morgan fingerprint density at radius 1 is 0.833 bits per heavy atom. The third-order valence-electron chi connectivity index (χ3n) is 2.96. The van der Waals surface area contributed by atoms with Gasteiger partial charge in [-0.2, -0.15) is 0 Å². The number of carbonyl (C=O) groups excluding carboxylic acids is 4. The molecule has 0 aromatic rings. The number of ether oxygens (including phenoxy) is 5. The molecule has 10 nitrogen and oxygen atoms in total. The normalized spacial score (nSPS) is 29.3. The molecule has 136 valence electrons. The van der Waals surface area contributed by atoms with Crippen molar-refractivity contribution in [2.75, 3.05) is 6.61 Å². The first-order chi connectivity index (χ1) is 11.1. The fourth-order valence-electron chi connectivity index (χ4n) is 2.13. The van der Waals surface area contributed by atoms with Crippen molar-refractivity contribution in [2.45, 2.75) is 58.4 Å². The topological polar surface area (TPSA) is 135 Å². The number of aliphatic hydroxyl groups excluding tert-OH is 1. The zero-order chi connectivity index (χ0) is 18.4. The van der Waals surface area contributed by atoms with Crippen LogP contribution >= 0.6 is 0 Å². The lowest BCUT2D eigenvalue weighted by molar-refractivity contribution is -0.298. The summed E-state index contributed by atoms with van der Waals surface area (Å²) in [5, 5.41) is 10.3. The molecule has 1 heterocycles. The standard InChI is InChI=1S/C14H20O10/c1-6(15)20-5-10-11(19)12(21-7(2)16)13(22-8(3)17)14(24-10)23-9(4)18/h10-14,19H,5H2,1-4H3/t10?,11-,12?,13-,14-/m1/s1. The molecule has 0 aromatic heterocycles. The summed E-state index contributed by atoms with van der Waals surface area (Å²) < 4.78 is 25.0. The predicted molar refractivity (Wildman–Crippen MR) is 74.2 cm³/mol. The Bertz CT molecular complexity index is 502. The van der Waals surface area contributed by atoms with Crippen LogP contribution in [0, 0.1) is 0 Å². The van der Waals surface area contributed by atoms with E-state index in [1.807, 2.05) is 0 Å². The summed E-state index contributed by atoms with van der Waals surface area (Å²) in [5.41, 5.74) is 0. The van der Waals surface area contributed by atoms with Crippen LogP contribution in [0.5, 0.6) is 0 Å². The van der Waals surface area contributed by atoms with Gasteiger partial charge in [0.15, 0.2) is 6.10 Å². The minimum absolute atomic E-state index is 0.376. The molecule has 1 aliphatic rings. The minimum Gasteiger partial charge on any atom is -0.463 e. The van der Waals surface area contributed by atoms with Crippen LogP contribution in [0.15, 0.2) is 0 Å². The van der Waals surface area contributed by atoms with Gasteiger partial charge in [0, 0.05) is 27.7 Å². The Kier molecular flexibility index (Phi) is 7.11. The lowest BCUT2D eigenvalue weighted by Crippen LogP contribution is -2.62. The molecule has 0 aliphatic carbocycles. The maximum Gasteiger partial charge on any atom is 0.305 e. The van der Waals surface area contributed by atoms with Crippen molar-refractivity contribution in [2.24, 2.45) is 0 Å². The highest BCUT2D eigenvalue weighted by atomic mass is 16.7. The lowest BCUT2D eigenvalue weighted by atomic mass is 9.98. The summed E-state index contributed by atoms with van der Waals surface area (Å²) in [4.78, 5) is 44.7. The fraction of sp³-hybridized carbons (Fsp3) is 0.714. The number of hydrogen-bond donors (Lipinski definition) is 1. The summed E-state index contributed by atoms with van der Waals surface area (Å²) in [7, 11) is 0. The van der Waals surface area contributed by atoms with Gasteiger partial charge in [-0.25, -0.2) is 0 Å². The van der Waals surface area contributed by atoms with E-state index in [-0.39, 0.29) is 6.61 Å². The van der Waals surface area contributed by atoms with E-state index in [1.165, 1.54) is 0 Å². The number of hydrogen-bond acceptors (Lipinski definition) is 10. The molecule has 0 amide bonds. The third-order valence-corrected chi connectivity index (χ3v) is 2.96. The molecule has 5 atom stereocenters. The second-order valence-corrected chi connectivity index (χ2v) is 5.09. The molecule has 1 N–H and O–H groups in total. The Balaban J connectivity index is 3.07. The van der Waals surface area contributed by atoms with Gasteiger partial charge >= 0.3 is 23.9 Å². The highest BCUT2D eigenvalue weighted by Crippen LogP contribution is 2.27. The van der Waals surface area contributed by atoms with Crippen molar-refractivity contribution in [3.05, 3.63) is 0 Å². The monoisotopic (exact) mass is 348 g/mol. The van der Waals surface area contributed by atoms with Crippen molar-refractivity contribution >= 4 is 23.9 Å². The van der Waals surface area contributed by atoms with E-state index in [9.17, 15) is 24.3 Å². The lowest BCUT2D eigenvalue weighted by Gasteiger charge is -2.42. The summed E-state index contributed by atoms with van der Waals surface area (Å²) in [6, 6.07) is 0. The summed E-state index contributed by atoms with van der Waals surface area (Å²) >= 11 is 0. The summed E-state index contributed by atoms with van der Waals surface area (Å²) in [5.74, 6) is -2.89. The number of esters is 4. The molecular formula is C14H20O10. The van der Waals surface area contributed by atoms with Gasteiger partial charge in [0.05, 0.1) is 0 Å². The van der Waals surface area contributed by atoms with E-state index in [0.717, 1.165) is 27.7 Å². The molecule has 1 fully saturated rings. The smallest absolute Gasteiger partial charge is 0.305 e. The molecule has 0 radical (unpaired) electrons. The van der Waals surface area contributed by atoms with E-state index in [2.05, 4.69) is 0 Å². The minimum atomic E-state index is -1.48. The van der Waals surface area contributed by atoms with Crippen LogP contribution in [-0.2, 0) is 42.9 Å². The van der Waals surface area contributed by atoms with Gasteiger partial charge in [-0.3, -0.25) is 19.2 Å². The highest BCUT2D eigenvalue weighted by molar-refractivity contribution is 5.68. The van der Waals surface area contributed by atoms with Crippen molar-refractivity contribution in [1.29, 1.82) is 0 Å². The molecule has 1 aliphatic heterocycles. The molecule has 24 heavy (non-hydrogen) atoms. The van der Waals surface area contributed by atoms with E-state index in [1.54, 1.807) is 0 Å². The molecule has 0 spiro atoms. The van der Waals surface area contributed by atoms with Crippen LogP contribution in [0.4, 0.5) is 0 Å². The highest BCUT2D eigenvalue weighted by Gasteiger charge is 2.51. The molecular weight excluding hydrogens is 328 g/mol. The molecule has 0 saturated carbocycles. The molecule has 2 unspecified atom stereocenters. The fourth-order valence-corrected chi connectivity index (χ4v) is 2.13. The van der Waals surface area contributed by atoms with Crippen LogP contribution in [-0.4, -0.2) is 66.3 Å². The van der Waals surface area contributed by atoms with Gasteiger partial charge < -0.3 is 28.8 Å². The van der Waals surface area contributed by atoms with Crippen molar-refractivity contribution < 1.29 is 48.0 Å². The average Bonchev–Trinajstić information content (AvgIpc) is 2.42. The van der Waals surface area contributed by atoms with E-state index >= 15 is 0 Å². The molecule has 10 heteroatoms. The Morgan fingerprint density at radius 3 is 1.79 bits per heavy atom. The van der Waals surface area contributed by atoms with Gasteiger partial charge in [0.25, 0.3) is 0 Å². The quantitative estimate of drug-likeness (QED) is 0.490. The van der Waals surface area contributed by atoms with Gasteiger partial charge in [0.2, 0.25) is 12.4 Å². The van der Waals surface area contributed by atoms with Crippen LogP contribution in [0.25, 0.3) is 0 Å². The zero-order valence-corrected chi connectivity index (χ0v) is 13.7. The third kappa shape index (κ3) is 5.78.